The summed E-state index contributed by atoms with van der Waals surface area (Å²) in [6.07, 6.45) is -0.386. The third kappa shape index (κ3) is 19.5. The first-order chi connectivity index (χ1) is 34.8. The van der Waals surface area contributed by atoms with Crippen molar-refractivity contribution in [1.82, 2.24) is 42.1 Å². The number of phenolic OH excluding ortho intramolecular Hbond substituents is 1. The molecule has 11 amide bonds. The van der Waals surface area contributed by atoms with Gasteiger partial charge in [0.25, 0.3) is 0 Å². The molecule has 2 aromatic rings. The zero-order chi connectivity index (χ0) is 53.6. The third-order valence-electron chi connectivity index (χ3n) is 11.6. The molecule has 2 aliphatic rings. The van der Waals surface area contributed by atoms with E-state index in [9.17, 15) is 57.8 Å². The number of amides is 11. The number of carbonyl (C=O) groups excluding carboxylic acids is 11. The van der Waals surface area contributed by atoms with Gasteiger partial charge in [-0.15, -0.1) is 0 Å². The lowest BCUT2D eigenvalue weighted by atomic mass is 10.0. The SMILES string of the molecule is NCCCC[C@H](NC(=O)[C@H]1CCCN1C(=O)[C@H]1CSSC[C@@H](N)C(=O)N[C@H](Cc2ccc(O)cc2)C(=O)N[C@H](Cc2ccccc2)C(=O)N[C@H](CCC(N)=O)C(=O)N[C@H](CC(N)=O)C(=O)N1)C(=O)NCC(N)=O. The van der Waals surface area contributed by atoms with Crippen molar-refractivity contribution in [2.45, 2.75) is 113 Å². The van der Waals surface area contributed by atoms with Crippen LogP contribution in [-0.4, -0.2) is 154 Å². The van der Waals surface area contributed by atoms with Crippen LogP contribution < -0.4 is 65.9 Å². The molecule has 0 unspecified atom stereocenters. The predicted octanol–water partition coefficient (Wildman–Crippen LogP) is -4.33. The number of hydrogen-bond acceptors (Lipinski definition) is 16. The molecule has 73 heavy (non-hydrogen) atoms. The summed E-state index contributed by atoms with van der Waals surface area (Å²) in [7, 11) is 2.02. The van der Waals surface area contributed by atoms with Gasteiger partial charge in [0.15, 0.2) is 0 Å². The van der Waals surface area contributed by atoms with E-state index in [0.29, 0.717) is 36.9 Å². The molecular formula is C46H65N13O12S2. The van der Waals surface area contributed by atoms with Crippen molar-refractivity contribution in [3.8, 4) is 5.75 Å². The molecule has 2 saturated heterocycles. The lowest BCUT2D eigenvalue weighted by Gasteiger charge is -2.31. The van der Waals surface area contributed by atoms with Gasteiger partial charge >= 0.3 is 0 Å². The fourth-order valence-electron chi connectivity index (χ4n) is 7.79. The standard InChI is InChI=1S/C46H65N13O12S2/c47-17-5-4-9-29(40(65)52-22-38(51)63)54-45(70)35-10-6-18-59(35)46(71)34-24-73-72-23-28(48)39(64)55-31(20-26-11-13-27(60)14-12-26)43(68)56-32(19-25-7-2-1-3-8-25)42(67)53-30(15-16-36(49)61)41(66)57-33(21-37(50)62)44(69)58-34/h1-3,7-8,11-14,28-35,60H,4-6,9-10,15-24,47-48H2,(H2,49,61)(H2,50,62)(H2,51,63)(H,52,65)(H,53,67)(H,54,70)(H,55,64)(H,56,68)(H,57,66)(H,58,69)/t28-,29+,30-,31-,32-,33-,34-,35-/m1/s1. The van der Waals surface area contributed by atoms with Crippen LogP contribution in [-0.2, 0) is 65.6 Å². The Morgan fingerprint density at radius 2 is 1.27 bits per heavy atom. The van der Waals surface area contributed by atoms with E-state index in [1.807, 2.05) is 0 Å². The topological polar surface area (TPSA) is 426 Å². The molecule has 2 aliphatic heterocycles. The van der Waals surface area contributed by atoms with Crippen molar-refractivity contribution in [3.05, 3.63) is 65.7 Å². The molecule has 27 heteroatoms. The molecule has 0 radical (unpaired) electrons. The Bertz CT molecular complexity index is 2300. The summed E-state index contributed by atoms with van der Waals surface area (Å²) in [4.78, 5) is 149. The molecule has 25 nitrogen and oxygen atoms in total. The Labute approximate surface area is 428 Å². The molecule has 2 fully saturated rings. The van der Waals surface area contributed by atoms with Crippen LogP contribution >= 0.6 is 21.6 Å². The summed E-state index contributed by atoms with van der Waals surface area (Å²) in [5, 5.41) is 27.7. The average Bonchev–Trinajstić information content (AvgIpc) is 3.85. The number of carbonyl (C=O) groups is 11. The van der Waals surface area contributed by atoms with Crippen LogP contribution in [0.1, 0.15) is 62.5 Å². The van der Waals surface area contributed by atoms with Crippen LogP contribution in [0.5, 0.6) is 5.75 Å². The van der Waals surface area contributed by atoms with Crippen molar-refractivity contribution in [1.29, 1.82) is 0 Å². The molecular weight excluding hydrogens is 991 g/mol. The van der Waals surface area contributed by atoms with Crippen molar-refractivity contribution in [3.63, 3.8) is 0 Å². The minimum atomic E-state index is -1.78. The van der Waals surface area contributed by atoms with Crippen LogP contribution in [0.4, 0.5) is 0 Å². The van der Waals surface area contributed by atoms with Gasteiger partial charge in [0.05, 0.1) is 19.0 Å². The minimum absolute atomic E-state index is 0.0324. The summed E-state index contributed by atoms with van der Waals surface area (Å²) in [6.45, 7) is -0.147. The van der Waals surface area contributed by atoms with Crippen molar-refractivity contribution < 1.29 is 57.8 Å². The number of phenols is 1. The van der Waals surface area contributed by atoms with Gasteiger partial charge in [0, 0.05) is 37.3 Å². The van der Waals surface area contributed by atoms with E-state index in [0.717, 1.165) is 21.6 Å². The summed E-state index contributed by atoms with van der Waals surface area (Å²) >= 11 is 0. The highest BCUT2D eigenvalue weighted by Crippen LogP contribution is 2.26. The molecule has 2 heterocycles. The van der Waals surface area contributed by atoms with Gasteiger partial charge in [-0.3, -0.25) is 52.7 Å². The Balaban J connectivity index is 1.71. The predicted molar refractivity (Wildman–Crippen MR) is 269 cm³/mol. The van der Waals surface area contributed by atoms with Crippen LogP contribution in [0.25, 0.3) is 0 Å². The van der Waals surface area contributed by atoms with Crippen molar-refractivity contribution in [2.24, 2.45) is 28.7 Å². The highest BCUT2D eigenvalue weighted by molar-refractivity contribution is 8.76. The fraction of sp³-hybridized carbons (Fsp3) is 0.500. The first-order valence-corrected chi connectivity index (χ1v) is 26.0. The number of aromatic hydroxyl groups is 1. The largest absolute Gasteiger partial charge is 0.508 e. The number of benzene rings is 2. The quantitative estimate of drug-likeness (QED) is 0.0467. The summed E-state index contributed by atoms with van der Waals surface area (Å²) in [6, 6.07) is 3.09. The lowest BCUT2D eigenvalue weighted by Crippen LogP contribution is -2.61. The number of nitrogens with one attached hydrogen (secondary N) is 7. The number of nitrogens with zero attached hydrogens (tertiary/aromatic N) is 1. The Morgan fingerprint density at radius 3 is 1.89 bits per heavy atom. The van der Waals surface area contributed by atoms with E-state index in [2.05, 4.69) is 37.2 Å². The maximum Gasteiger partial charge on any atom is 0.246 e. The van der Waals surface area contributed by atoms with E-state index in [-0.39, 0.29) is 49.5 Å². The molecule has 0 aromatic heterocycles. The van der Waals surface area contributed by atoms with Crippen molar-refractivity contribution in [2.75, 3.05) is 31.1 Å². The van der Waals surface area contributed by atoms with Crippen LogP contribution in [0.2, 0.25) is 0 Å². The molecule has 0 spiro atoms. The minimum Gasteiger partial charge on any atom is -0.508 e. The number of unbranched alkanes of at least 4 members (excludes halogenated alkanes) is 1. The zero-order valence-corrected chi connectivity index (χ0v) is 41.6. The maximum absolute atomic E-state index is 14.6. The van der Waals surface area contributed by atoms with Gasteiger partial charge in [-0.1, -0.05) is 64.1 Å². The smallest absolute Gasteiger partial charge is 0.246 e. The normalized spacial score (nSPS) is 23.0. The monoisotopic (exact) mass is 1060 g/mol. The first kappa shape index (κ1) is 58.6. The van der Waals surface area contributed by atoms with E-state index < -0.39 is 139 Å². The highest BCUT2D eigenvalue weighted by atomic mass is 33.1. The molecule has 398 valence electrons. The molecule has 0 bridgehead atoms. The molecule has 4 rings (SSSR count). The second-order valence-corrected chi connectivity index (χ2v) is 20.0. The fourth-order valence-corrected chi connectivity index (χ4v) is 10.1. The lowest BCUT2D eigenvalue weighted by molar-refractivity contribution is -0.142. The summed E-state index contributed by atoms with van der Waals surface area (Å²) in [5.74, 6) is -10.0. The highest BCUT2D eigenvalue weighted by Gasteiger charge is 2.40. The molecule has 0 saturated carbocycles. The zero-order valence-electron chi connectivity index (χ0n) is 40.0. The van der Waals surface area contributed by atoms with Gasteiger partial charge in [-0.2, -0.15) is 0 Å². The number of likely N-dealkylation sites (tertiary alicyclic amines) is 1. The number of nitrogens with two attached hydrogens (primary N) is 5. The number of rotatable bonds is 19. The second-order valence-electron chi connectivity index (χ2n) is 17.4. The van der Waals surface area contributed by atoms with Gasteiger partial charge in [-0.25, -0.2) is 0 Å². The maximum atomic E-state index is 14.6. The van der Waals surface area contributed by atoms with E-state index >= 15 is 0 Å². The average molecular weight is 1060 g/mol. The van der Waals surface area contributed by atoms with E-state index in [1.165, 1.54) is 29.2 Å². The molecule has 18 N–H and O–H groups in total. The summed E-state index contributed by atoms with van der Waals surface area (Å²) < 4.78 is 0. The number of hydrogen-bond donors (Lipinski definition) is 13. The van der Waals surface area contributed by atoms with E-state index in [1.54, 1.807) is 30.3 Å². The third-order valence-corrected chi connectivity index (χ3v) is 14.1. The molecule has 2 aromatic carbocycles. The van der Waals surface area contributed by atoms with Crippen LogP contribution in [0, 0.1) is 0 Å². The van der Waals surface area contributed by atoms with Crippen molar-refractivity contribution >= 4 is 86.6 Å². The van der Waals surface area contributed by atoms with E-state index in [4.69, 9.17) is 28.7 Å². The Hall–Kier alpha value is -6.97. The number of primary amides is 3. The van der Waals surface area contributed by atoms with Crippen LogP contribution in [0.15, 0.2) is 54.6 Å². The molecule has 0 aliphatic carbocycles. The first-order valence-electron chi connectivity index (χ1n) is 23.5. The van der Waals surface area contributed by atoms with Gasteiger partial charge in [-0.05, 0) is 68.3 Å². The second kappa shape index (κ2) is 29.5. The summed E-state index contributed by atoms with van der Waals surface area (Å²) in [5.41, 5.74) is 29.2. The van der Waals surface area contributed by atoms with Gasteiger partial charge < -0.3 is 75.9 Å². The van der Waals surface area contributed by atoms with Crippen LogP contribution in [0.3, 0.4) is 0 Å². The van der Waals surface area contributed by atoms with Gasteiger partial charge in [0.2, 0.25) is 65.0 Å². The molecule has 8 atom stereocenters. The Kier molecular flexibility index (Phi) is 23.7. The Morgan fingerprint density at radius 1 is 0.699 bits per heavy atom. The van der Waals surface area contributed by atoms with Gasteiger partial charge in [0.1, 0.15) is 48.0 Å².